The van der Waals surface area contributed by atoms with Gasteiger partial charge in [-0.2, -0.15) is 0 Å². The summed E-state index contributed by atoms with van der Waals surface area (Å²) < 4.78 is 1.86. The van der Waals surface area contributed by atoms with Gasteiger partial charge in [0.15, 0.2) is 5.16 Å². The maximum atomic E-state index is 13.5. The largest absolute Gasteiger partial charge is 0.283 e. The maximum Gasteiger partial charge on any atom is 0.263 e. The molecule has 0 saturated heterocycles. The Balaban J connectivity index is 2.05. The highest BCUT2D eigenvalue weighted by Crippen LogP contribution is 2.42. The van der Waals surface area contributed by atoms with Crippen molar-refractivity contribution in [2.24, 2.45) is 17.3 Å². The lowest BCUT2D eigenvalue weighted by molar-refractivity contribution is 0.218. The van der Waals surface area contributed by atoms with Crippen LogP contribution in [0.25, 0.3) is 10.2 Å². The quantitative estimate of drug-likeness (QED) is 0.313. The van der Waals surface area contributed by atoms with Crippen LogP contribution in [-0.4, -0.2) is 15.3 Å². The number of aromatic nitrogens is 2. The average molecular weight is 419 g/mol. The normalized spacial score (nSPS) is 17.3. The molecular weight excluding hydrogens is 384 g/mol. The van der Waals surface area contributed by atoms with Crippen molar-refractivity contribution in [2.75, 3.05) is 5.75 Å². The van der Waals surface area contributed by atoms with Crippen LogP contribution in [0.2, 0.25) is 0 Å². The topological polar surface area (TPSA) is 34.9 Å². The van der Waals surface area contributed by atoms with E-state index in [4.69, 9.17) is 4.98 Å². The van der Waals surface area contributed by atoms with Crippen LogP contribution in [0.3, 0.4) is 0 Å². The number of hydrogen-bond donors (Lipinski definition) is 0. The molecule has 0 N–H and O–H groups in total. The third kappa shape index (κ3) is 4.56. The van der Waals surface area contributed by atoms with Crippen LogP contribution in [0.4, 0.5) is 0 Å². The van der Waals surface area contributed by atoms with E-state index in [-0.39, 0.29) is 5.56 Å². The lowest BCUT2D eigenvalue weighted by Gasteiger charge is -2.33. The van der Waals surface area contributed by atoms with Crippen molar-refractivity contribution >= 4 is 33.3 Å². The molecule has 0 saturated carbocycles. The summed E-state index contributed by atoms with van der Waals surface area (Å²) in [5, 5.41) is 1.73. The molecule has 154 valence electrons. The number of allylic oxidation sites excluding steroid dienone is 1. The summed E-state index contributed by atoms with van der Waals surface area (Å²) in [5.74, 6) is 2.31. The summed E-state index contributed by atoms with van der Waals surface area (Å²) in [6.45, 7) is 18.0. The van der Waals surface area contributed by atoms with E-state index in [1.165, 1.54) is 10.4 Å². The first-order valence-electron chi connectivity index (χ1n) is 10.4. The van der Waals surface area contributed by atoms with Gasteiger partial charge in [0, 0.05) is 17.2 Å². The van der Waals surface area contributed by atoms with Crippen LogP contribution in [0.5, 0.6) is 0 Å². The second-order valence-corrected chi connectivity index (χ2v) is 11.9. The summed E-state index contributed by atoms with van der Waals surface area (Å²) in [5.41, 5.74) is 2.70. The first-order chi connectivity index (χ1) is 13.1. The predicted molar refractivity (Wildman–Crippen MR) is 124 cm³/mol. The first kappa shape index (κ1) is 21.6. The summed E-state index contributed by atoms with van der Waals surface area (Å²) in [6, 6.07) is 0. The van der Waals surface area contributed by atoms with E-state index < -0.39 is 0 Å². The lowest BCUT2D eigenvalue weighted by Crippen LogP contribution is -2.27. The van der Waals surface area contributed by atoms with Gasteiger partial charge >= 0.3 is 0 Å². The van der Waals surface area contributed by atoms with Crippen LogP contribution < -0.4 is 5.56 Å². The molecule has 0 amide bonds. The van der Waals surface area contributed by atoms with Crippen molar-refractivity contribution in [1.29, 1.82) is 0 Å². The van der Waals surface area contributed by atoms with E-state index in [1.807, 2.05) is 11.5 Å². The van der Waals surface area contributed by atoms with Crippen molar-refractivity contribution in [3.8, 4) is 0 Å². The first-order valence-corrected chi connectivity index (χ1v) is 12.2. The Kier molecular flexibility index (Phi) is 6.45. The van der Waals surface area contributed by atoms with Gasteiger partial charge < -0.3 is 0 Å². The van der Waals surface area contributed by atoms with E-state index in [0.29, 0.717) is 23.8 Å². The molecule has 0 bridgehead atoms. The molecular formula is C23H34N2OS2. The highest BCUT2D eigenvalue weighted by molar-refractivity contribution is 7.99. The zero-order chi connectivity index (χ0) is 20.6. The Morgan fingerprint density at radius 3 is 2.71 bits per heavy atom. The van der Waals surface area contributed by atoms with Crippen molar-refractivity contribution < 1.29 is 0 Å². The molecule has 2 aromatic heterocycles. The molecule has 1 atom stereocenters. The SMILES string of the molecule is C=C(C)Cn1c(SCCC(C)C)nc2sc3c(c2c1=O)CCC(C(C)(C)C)C3. The fourth-order valence-corrected chi connectivity index (χ4v) is 6.46. The summed E-state index contributed by atoms with van der Waals surface area (Å²) >= 11 is 3.47. The second kappa shape index (κ2) is 8.35. The minimum atomic E-state index is 0.131. The molecule has 0 spiro atoms. The van der Waals surface area contributed by atoms with Crippen LogP contribution in [0, 0.1) is 17.3 Å². The predicted octanol–water partition coefficient (Wildman–Crippen LogP) is 6.32. The molecule has 0 fully saturated rings. The Hall–Kier alpha value is -1.07. The summed E-state index contributed by atoms with van der Waals surface area (Å²) in [7, 11) is 0. The highest BCUT2D eigenvalue weighted by atomic mass is 32.2. The average Bonchev–Trinajstić information content (AvgIpc) is 2.94. The van der Waals surface area contributed by atoms with Gasteiger partial charge in [-0.1, -0.05) is 58.5 Å². The molecule has 0 aromatic carbocycles. The molecule has 1 unspecified atom stereocenters. The van der Waals surface area contributed by atoms with Gasteiger partial charge in [-0.05, 0) is 55.4 Å². The van der Waals surface area contributed by atoms with Crippen molar-refractivity contribution in [1.82, 2.24) is 9.55 Å². The lowest BCUT2D eigenvalue weighted by atomic mass is 9.72. The van der Waals surface area contributed by atoms with E-state index in [2.05, 4.69) is 41.2 Å². The fourth-order valence-electron chi connectivity index (χ4n) is 3.88. The van der Waals surface area contributed by atoms with Gasteiger partial charge in [0.2, 0.25) is 0 Å². The van der Waals surface area contributed by atoms with Crippen molar-refractivity contribution in [2.45, 2.75) is 78.9 Å². The molecule has 0 radical (unpaired) electrons. The Bertz CT molecular complexity index is 931. The number of thioether (sulfide) groups is 1. The zero-order valence-corrected chi connectivity index (χ0v) is 19.9. The molecule has 3 rings (SSSR count). The van der Waals surface area contributed by atoms with Gasteiger partial charge in [0.1, 0.15) is 4.83 Å². The number of thiophene rings is 1. The number of hydrogen-bond acceptors (Lipinski definition) is 4. The molecule has 2 aromatic rings. The third-order valence-corrected chi connectivity index (χ3v) is 7.87. The van der Waals surface area contributed by atoms with Gasteiger partial charge in [0.25, 0.3) is 5.56 Å². The molecule has 3 nitrogen and oxygen atoms in total. The van der Waals surface area contributed by atoms with E-state index >= 15 is 0 Å². The number of fused-ring (bicyclic) bond motifs is 3. The van der Waals surface area contributed by atoms with Gasteiger partial charge in [-0.25, -0.2) is 4.98 Å². The van der Waals surface area contributed by atoms with Crippen molar-refractivity contribution in [3.05, 3.63) is 32.9 Å². The minimum absolute atomic E-state index is 0.131. The van der Waals surface area contributed by atoms with Crippen LogP contribution in [0.15, 0.2) is 22.1 Å². The Morgan fingerprint density at radius 1 is 1.39 bits per heavy atom. The minimum Gasteiger partial charge on any atom is -0.283 e. The summed E-state index contributed by atoms with van der Waals surface area (Å²) in [4.78, 5) is 20.8. The summed E-state index contributed by atoms with van der Waals surface area (Å²) in [6.07, 6.45) is 4.36. The number of aryl methyl sites for hydroxylation is 1. The number of rotatable bonds is 6. The third-order valence-electron chi connectivity index (χ3n) is 5.71. The smallest absolute Gasteiger partial charge is 0.263 e. The maximum absolute atomic E-state index is 13.5. The number of nitrogens with zero attached hydrogens (tertiary/aromatic N) is 2. The van der Waals surface area contributed by atoms with Crippen LogP contribution in [-0.2, 0) is 19.4 Å². The highest BCUT2D eigenvalue weighted by Gasteiger charge is 2.32. The van der Waals surface area contributed by atoms with Crippen molar-refractivity contribution in [3.63, 3.8) is 0 Å². The van der Waals surface area contributed by atoms with Gasteiger partial charge in [0.05, 0.1) is 5.39 Å². The van der Waals surface area contributed by atoms with Crippen LogP contribution in [0.1, 0.15) is 64.8 Å². The molecule has 2 heterocycles. The van der Waals surface area contributed by atoms with E-state index in [0.717, 1.165) is 52.4 Å². The molecule has 28 heavy (non-hydrogen) atoms. The Labute approximate surface area is 177 Å². The van der Waals surface area contributed by atoms with E-state index in [9.17, 15) is 4.79 Å². The van der Waals surface area contributed by atoms with Crippen LogP contribution >= 0.6 is 23.1 Å². The van der Waals surface area contributed by atoms with Gasteiger partial charge in [-0.3, -0.25) is 9.36 Å². The zero-order valence-electron chi connectivity index (χ0n) is 18.2. The Morgan fingerprint density at radius 2 is 2.11 bits per heavy atom. The molecule has 1 aliphatic rings. The van der Waals surface area contributed by atoms with Gasteiger partial charge in [-0.15, -0.1) is 11.3 Å². The second-order valence-electron chi connectivity index (χ2n) is 9.76. The standard InChI is InChI=1S/C23H34N2OS2/c1-14(2)10-11-27-22-24-20-19(21(26)25(22)13-15(3)4)17-9-8-16(23(5,6)7)12-18(17)28-20/h14,16H,3,8-13H2,1-2,4-7H3. The molecule has 1 aliphatic carbocycles. The fraction of sp³-hybridized carbons (Fsp3) is 0.652. The molecule has 0 aliphatic heterocycles. The monoisotopic (exact) mass is 418 g/mol. The molecule has 5 heteroatoms. The van der Waals surface area contributed by atoms with E-state index in [1.54, 1.807) is 23.1 Å².